The van der Waals surface area contributed by atoms with E-state index in [1.54, 1.807) is 14.0 Å². The Balaban J connectivity index is 2.74. The molecule has 17 heavy (non-hydrogen) atoms. The number of carbonyl (C=O) groups excluding carboxylic acids is 1. The summed E-state index contributed by atoms with van der Waals surface area (Å²) in [5.41, 5.74) is 1.85. The zero-order chi connectivity index (χ0) is 12.8. The second-order valence-corrected chi connectivity index (χ2v) is 4.08. The van der Waals surface area contributed by atoms with Crippen molar-refractivity contribution in [1.29, 1.82) is 0 Å². The van der Waals surface area contributed by atoms with E-state index < -0.39 is 6.10 Å². The van der Waals surface area contributed by atoms with E-state index in [0.717, 1.165) is 11.3 Å². The molecule has 0 unspecified atom stereocenters. The molecule has 0 aliphatic rings. The molecule has 0 saturated carbocycles. The number of nitrogens with zero attached hydrogens (tertiary/aromatic N) is 1. The second kappa shape index (κ2) is 6.25. The Hall–Kier alpha value is -1.55. The van der Waals surface area contributed by atoms with Gasteiger partial charge in [0.1, 0.15) is 0 Å². The van der Waals surface area contributed by atoms with Gasteiger partial charge in [0, 0.05) is 38.3 Å². The predicted octanol–water partition coefficient (Wildman–Crippen LogP) is 1.31. The molecule has 1 atom stereocenters. The molecule has 0 aliphatic heterocycles. The fraction of sp³-hybridized carbons (Fsp3) is 0.462. The highest BCUT2D eigenvalue weighted by Crippen LogP contribution is 2.25. The van der Waals surface area contributed by atoms with Crippen LogP contribution in [0, 0.1) is 0 Å². The number of benzene rings is 1. The molecule has 1 amide bonds. The third kappa shape index (κ3) is 3.75. The Labute approximate surface area is 102 Å². The lowest BCUT2D eigenvalue weighted by Gasteiger charge is -2.23. The summed E-state index contributed by atoms with van der Waals surface area (Å²) in [5.74, 6) is 0.0198. The first-order chi connectivity index (χ1) is 8.06. The molecule has 1 aromatic rings. The lowest BCUT2D eigenvalue weighted by Crippen LogP contribution is -2.27. The Morgan fingerprint density at radius 2 is 2.12 bits per heavy atom. The molecule has 0 aliphatic carbocycles. The van der Waals surface area contributed by atoms with Gasteiger partial charge in [-0.1, -0.05) is 18.2 Å². The molecular weight excluding hydrogens is 216 g/mol. The van der Waals surface area contributed by atoms with Crippen molar-refractivity contribution in [1.82, 2.24) is 5.32 Å². The SMILES string of the molecule is CNC(=O)CCN(C)c1ccccc1[C@H](C)O. The van der Waals surface area contributed by atoms with Crippen LogP contribution < -0.4 is 10.2 Å². The molecule has 0 bridgehead atoms. The molecule has 4 heteroatoms. The molecule has 1 rings (SSSR count). The standard InChI is InChI=1S/C13H20N2O2/c1-10(16)11-6-4-5-7-12(11)15(3)9-8-13(17)14-2/h4-7,10,16H,8-9H2,1-3H3,(H,14,17)/t10-/m0/s1. The molecule has 4 nitrogen and oxygen atoms in total. The van der Waals surface area contributed by atoms with Crippen LogP contribution in [0.25, 0.3) is 0 Å². The molecule has 0 saturated heterocycles. The quantitative estimate of drug-likeness (QED) is 0.810. The van der Waals surface area contributed by atoms with E-state index in [4.69, 9.17) is 0 Å². The van der Waals surface area contributed by atoms with Crippen molar-refractivity contribution in [3.05, 3.63) is 29.8 Å². The summed E-state index contributed by atoms with van der Waals surface area (Å²) in [6, 6.07) is 7.68. The number of hydrogen-bond donors (Lipinski definition) is 2. The lowest BCUT2D eigenvalue weighted by atomic mass is 10.1. The van der Waals surface area contributed by atoms with Gasteiger partial charge in [0.05, 0.1) is 6.10 Å². The highest BCUT2D eigenvalue weighted by Gasteiger charge is 2.11. The van der Waals surface area contributed by atoms with Crippen LogP contribution in [-0.4, -0.2) is 31.7 Å². The van der Waals surface area contributed by atoms with Gasteiger partial charge >= 0.3 is 0 Å². The summed E-state index contributed by atoms with van der Waals surface area (Å²) in [5, 5.41) is 12.3. The van der Waals surface area contributed by atoms with Gasteiger partial charge < -0.3 is 15.3 Å². The van der Waals surface area contributed by atoms with Gasteiger partial charge in [-0.15, -0.1) is 0 Å². The number of carbonyl (C=O) groups is 1. The highest BCUT2D eigenvalue weighted by atomic mass is 16.3. The summed E-state index contributed by atoms with van der Waals surface area (Å²) in [7, 11) is 3.55. The van der Waals surface area contributed by atoms with Crippen molar-refractivity contribution in [3.63, 3.8) is 0 Å². The monoisotopic (exact) mass is 236 g/mol. The molecular formula is C13H20N2O2. The number of aliphatic hydroxyl groups is 1. The van der Waals surface area contributed by atoms with Gasteiger partial charge in [0.2, 0.25) is 5.91 Å². The highest BCUT2D eigenvalue weighted by molar-refractivity contribution is 5.76. The molecule has 0 radical (unpaired) electrons. The van der Waals surface area contributed by atoms with Gasteiger partial charge in [-0.2, -0.15) is 0 Å². The van der Waals surface area contributed by atoms with E-state index in [9.17, 15) is 9.90 Å². The van der Waals surface area contributed by atoms with Crippen LogP contribution in [0.2, 0.25) is 0 Å². The van der Waals surface area contributed by atoms with Crippen LogP contribution in [0.1, 0.15) is 25.0 Å². The average Bonchev–Trinajstić information content (AvgIpc) is 2.35. The Morgan fingerprint density at radius 1 is 1.47 bits per heavy atom. The zero-order valence-corrected chi connectivity index (χ0v) is 10.6. The van der Waals surface area contributed by atoms with E-state index in [1.807, 2.05) is 36.2 Å². The predicted molar refractivity (Wildman–Crippen MR) is 69.0 cm³/mol. The van der Waals surface area contributed by atoms with Crippen molar-refractivity contribution < 1.29 is 9.90 Å². The van der Waals surface area contributed by atoms with Gasteiger partial charge in [0.25, 0.3) is 0 Å². The molecule has 0 heterocycles. The Morgan fingerprint density at radius 3 is 2.71 bits per heavy atom. The van der Waals surface area contributed by atoms with E-state index in [2.05, 4.69) is 5.32 Å². The van der Waals surface area contributed by atoms with E-state index in [0.29, 0.717) is 13.0 Å². The maximum Gasteiger partial charge on any atom is 0.221 e. The molecule has 0 spiro atoms. The van der Waals surface area contributed by atoms with Crippen LogP contribution >= 0.6 is 0 Å². The van der Waals surface area contributed by atoms with E-state index >= 15 is 0 Å². The summed E-state index contributed by atoms with van der Waals surface area (Å²) >= 11 is 0. The molecule has 2 N–H and O–H groups in total. The van der Waals surface area contributed by atoms with Crippen LogP contribution in [-0.2, 0) is 4.79 Å². The first-order valence-electron chi connectivity index (χ1n) is 5.75. The Kier molecular flexibility index (Phi) is 4.97. The molecule has 1 aromatic carbocycles. The summed E-state index contributed by atoms with van der Waals surface area (Å²) in [6.07, 6.45) is -0.0603. The smallest absolute Gasteiger partial charge is 0.221 e. The number of nitrogens with one attached hydrogen (secondary N) is 1. The third-order valence-corrected chi connectivity index (χ3v) is 2.75. The van der Waals surface area contributed by atoms with E-state index in [-0.39, 0.29) is 5.91 Å². The van der Waals surface area contributed by atoms with Gasteiger partial charge in [-0.25, -0.2) is 0 Å². The third-order valence-electron chi connectivity index (χ3n) is 2.75. The van der Waals surface area contributed by atoms with Crippen LogP contribution in [0.15, 0.2) is 24.3 Å². The largest absolute Gasteiger partial charge is 0.389 e. The molecule has 94 valence electrons. The topological polar surface area (TPSA) is 52.6 Å². The van der Waals surface area contributed by atoms with Crippen LogP contribution in [0.5, 0.6) is 0 Å². The maximum atomic E-state index is 11.2. The summed E-state index contributed by atoms with van der Waals surface area (Å²) < 4.78 is 0. The van der Waals surface area contributed by atoms with Crippen molar-refractivity contribution in [2.75, 3.05) is 25.5 Å². The summed E-state index contributed by atoms with van der Waals surface area (Å²) in [4.78, 5) is 13.2. The minimum Gasteiger partial charge on any atom is -0.389 e. The minimum absolute atomic E-state index is 0.0198. The van der Waals surface area contributed by atoms with Gasteiger partial charge in [-0.05, 0) is 13.0 Å². The van der Waals surface area contributed by atoms with Crippen molar-refractivity contribution >= 4 is 11.6 Å². The first kappa shape index (κ1) is 13.5. The van der Waals surface area contributed by atoms with Crippen LogP contribution in [0.4, 0.5) is 5.69 Å². The number of rotatable bonds is 5. The normalized spacial score (nSPS) is 12.0. The number of hydrogen-bond acceptors (Lipinski definition) is 3. The maximum absolute atomic E-state index is 11.2. The van der Waals surface area contributed by atoms with Crippen molar-refractivity contribution in [2.45, 2.75) is 19.4 Å². The Bertz CT molecular complexity index is 377. The summed E-state index contributed by atoms with van der Waals surface area (Å²) in [6.45, 7) is 2.37. The molecule has 0 aromatic heterocycles. The van der Waals surface area contributed by atoms with Crippen LogP contribution in [0.3, 0.4) is 0 Å². The average molecular weight is 236 g/mol. The van der Waals surface area contributed by atoms with E-state index in [1.165, 1.54) is 0 Å². The fourth-order valence-electron chi connectivity index (χ4n) is 1.70. The van der Waals surface area contributed by atoms with Gasteiger partial charge in [-0.3, -0.25) is 4.79 Å². The minimum atomic E-state index is -0.506. The van der Waals surface area contributed by atoms with Crippen molar-refractivity contribution in [3.8, 4) is 0 Å². The number of aliphatic hydroxyl groups excluding tert-OH is 1. The second-order valence-electron chi connectivity index (χ2n) is 4.08. The number of anilines is 1. The fourth-order valence-corrected chi connectivity index (χ4v) is 1.70. The zero-order valence-electron chi connectivity index (χ0n) is 10.6. The first-order valence-corrected chi connectivity index (χ1v) is 5.75. The van der Waals surface area contributed by atoms with Crippen molar-refractivity contribution in [2.24, 2.45) is 0 Å². The molecule has 0 fully saturated rings. The number of para-hydroxylation sites is 1. The lowest BCUT2D eigenvalue weighted by molar-refractivity contribution is -0.120. The van der Waals surface area contributed by atoms with Gasteiger partial charge in [0.15, 0.2) is 0 Å². The number of amides is 1.